The highest BCUT2D eigenvalue weighted by Gasteiger charge is 2.34. The molecule has 0 spiro atoms. The van der Waals surface area contributed by atoms with Crippen molar-refractivity contribution in [2.75, 3.05) is 0 Å². The van der Waals surface area contributed by atoms with Gasteiger partial charge in [0.1, 0.15) is 11.5 Å². The predicted molar refractivity (Wildman–Crippen MR) is 113 cm³/mol. The van der Waals surface area contributed by atoms with Crippen LogP contribution in [0.15, 0.2) is 34.9 Å². The lowest BCUT2D eigenvalue weighted by molar-refractivity contribution is 0.414. The normalized spacial score (nSPS) is 24.4. The van der Waals surface area contributed by atoms with Gasteiger partial charge in [-0.3, -0.25) is 4.99 Å². The molecule has 0 amide bonds. The van der Waals surface area contributed by atoms with Gasteiger partial charge in [-0.2, -0.15) is 0 Å². The highest BCUT2D eigenvalue weighted by atomic mass is 16.3. The third-order valence-corrected chi connectivity index (χ3v) is 6.09. The minimum absolute atomic E-state index is 0.00994. The predicted octanol–water partition coefficient (Wildman–Crippen LogP) is 6.36. The molecule has 1 aliphatic heterocycles. The number of allylic oxidation sites excluding steroid dienone is 3. The number of aryl methyl sites for hydroxylation is 1. The third kappa shape index (κ3) is 3.97. The third-order valence-electron chi connectivity index (χ3n) is 6.09. The number of rotatable bonds is 7. The van der Waals surface area contributed by atoms with Crippen molar-refractivity contribution < 1.29 is 10.2 Å². The van der Waals surface area contributed by atoms with Crippen molar-refractivity contribution in [1.82, 2.24) is 0 Å². The minimum atomic E-state index is -0.0173. The Labute approximate surface area is 163 Å². The van der Waals surface area contributed by atoms with E-state index in [-0.39, 0.29) is 29.4 Å². The molecule has 3 nitrogen and oxygen atoms in total. The Hall–Kier alpha value is -2.03. The monoisotopic (exact) mass is 367 g/mol. The van der Waals surface area contributed by atoms with E-state index in [4.69, 9.17) is 0 Å². The molecule has 146 valence electrons. The van der Waals surface area contributed by atoms with Crippen LogP contribution in [0.1, 0.15) is 87.9 Å². The molecule has 1 heterocycles. The molecule has 1 unspecified atom stereocenters. The van der Waals surface area contributed by atoms with Gasteiger partial charge in [0.15, 0.2) is 0 Å². The van der Waals surface area contributed by atoms with E-state index < -0.39 is 0 Å². The number of hydrogen-bond donors (Lipinski definition) is 2. The molecule has 1 aromatic carbocycles. The van der Waals surface area contributed by atoms with Crippen molar-refractivity contribution in [2.24, 2.45) is 10.9 Å². The van der Waals surface area contributed by atoms with Crippen LogP contribution in [0.3, 0.4) is 0 Å². The molecule has 0 saturated carbocycles. The van der Waals surface area contributed by atoms with Crippen molar-refractivity contribution in [3.05, 3.63) is 46.6 Å². The lowest BCUT2D eigenvalue weighted by Crippen LogP contribution is -2.10. The highest BCUT2D eigenvalue weighted by molar-refractivity contribution is 5.64. The van der Waals surface area contributed by atoms with Crippen LogP contribution in [0.25, 0.3) is 0 Å². The van der Waals surface area contributed by atoms with E-state index in [0.717, 1.165) is 61.6 Å². The van der Waals surface area contributed by atoms with Gasteiger partial charge in [-0.25, -0.2) is 0 Å². The molecule has 2 aliphatic rings. The summed E-state index contributed by atoms with van der Waals surface area (Å²) in [5.74, 6) is 0.684. The Kier molecular flexibility index (Phi) is 6.08. The molecule has 0 fully saturated rings. The van der Waals surface area contributed by atoms with E-state index in [9.17, 15) is 10.2 Å². The Morgan fingerprint density at radius 2 is 2.04 bits per heavy atom. The van der Waals surface area contributed by atoms with E-state index in [1.807, 2.05) is 19.2 Å². The molecular formula is C24H33NO2. The van der Waals surface area contributed by atoms with Crippen molar-refractivity contribution in [1.29, 1.82) is 0 Å². The fourth-order valence-electron chi connectivity index (χ4n) is 4.67. The summed E-state index contributed by atoms with van der Waals surface area (Å²) < 4.78 is 0. The summed E-state index contributed by atoms with van der Waals surface area (Å²) >= 11 is 0. The average Bonchev–Trinajstić information content (AvgIpc) is 3.25. The van der Waals surface area contributed by atoms with Crippen LogP contribution in [0.2, 0.25) is 0 Å². The summed E-state index contributed by atoms with van der Waals surface area (Å²) in [5.41, 5.74) is 5.04. The van der Waals surface area contributed by atoms with Crippen LogP contribution in [0.4, 0.5) is 0 Å². The number of benzene rings is 1. The fraction of sp³-hybridized carbons (Fsp3) is 0.542. The van der Waals surface area contributed by atoms with Crippen LogP contribution in [-0.4, -0.2) is 16.4 Å². The maximum absolute atomic E-state index is 11.3. The second-order valence-electron chi connectivity index (χ2n) is 8.31. The zero-order valence-electron chi connectivity index (χ0n) is 17.0. The lowest BCUT2D eigenvalue weighted by atomic mass is 9.81. The van der Waals surface area contributed by atoms with Gasteiger partial charge in [0.2, 0.25) is 0 Å². The largest absolute Gasteiger partial charge is 0.507 e. The van der Waals surface area contributed by atoms with Crippen molar-refractivity contribution in [3.8, 4) is 11.5 Å². The van der Waals surface area contributed by atoms with Crippen molar-refractivity contribution in [3.63, 3.8) is 0 Å². The molecule has 3 rings (SSSR count). The van der Waals surface area contributed by atoms with Crippen molar-refractivity contribution in [2.45, 2.75) is 77.7 Å². The molecule has 0 bridgehead atoms. The first kappa shape index (κ1) is 19.7. The molecule has 1 aromatic rings. The van der Waals surface area contributed by atoms with Gasteiger partial charge in [-0.05, 0) is 69.7 Å². The Morgan fingerprint density at radius 3 is 2.67 bits per heavy atom. The zero-order chi connectivity index (χ0) is 19.6. The van der Waals surface area contributed by atoms with Crippen molar-refractivity contribution >= 4 is 6.21 Å². The van der Waals surface area contributed by atoms with Crippen LogP contribution in [0, 0.1) is 5.92 Å². The summed E-state index contributed by atoms with van der Waals surface area (Å²) in [6, 6.07) is 1.90. The molecule has 3 atom stereocenters. The standard InChI is InChI=1S/C24H33NO2/c1-5-6-7-9-17-14-21(26)23(19-13-16(4)12-18(19)15(2)3)24(27)22(17)20-10-8-11-25-20/h11,13-14,18-20,26-27H,2,5-10,12H2,1,3-4H3/t18-,19+,20?/m0/s1. The number of nitrogens with zero attached hydrogens (tertiary/aromatic N) is 1. The zero-order valence-corrected chi connectivity index (χ0v) is 17.0. The maximum Gasteiger partial charge on any atom is 0.128 e. The minimum Gasteiger partial charge on any atom is -0.507 e. The molecule has 0 aromatic heterocycles. The average molecular weight is 368 g/mol. The summed E-state index contributed by atoms with van der Waals surface area (Å²) in [7, 11) is 0. The molecule has 0 radical (unpaired) electrons. The van der Waals surface area contributed by atoms with Gasteiger partial charge < -0.3 is 10.2 Å². The summed E-state index contributed by atoms with van der Waals surface area (Å²) in [6.07, 6.45) is 11.2. The van der Waals surface area contributed by atoms with Crippen LogP contribution in [-0.2, 0) is 6.42 Å². The summed E-state index contributed by atoms with van der Waals surface area (Å²) in [4.78, 5) is 4.62. The number of phenolic OH excluding ortho intramolecular Hbond substituents is 2. The van der Waals surface area contributed by atoms with Gasteiger partial charge in [-0.1, -0.05) is 43.6 Å². The van der Waals surface area contributed by atoms with Gasteiger partial charge >= 0.3 is 0 Å². The first-order valence-electron chi connectivity index (χ1n) is 10.4. The topological polar surface area (TPSA) is 52.8 Å². The molecule has 3 heteroatoms. The van der Waals surface area contributed by atoms with Gasteiger partial charge in [0.05, 0.1) is 6.04 Å². The van der Waals surface area contributed by atoms with Crippen LogP contribution >= 0.6 is 0 Å². The summed E-state index contributed by atoms with van der Waals surface area (Å²) in [6.45, 7) is 10.5. The second kappa shape index (κ2) is 8.33. The van der Waals surface area contributed by atoms with E-state index in [0.29, 0.717) is 5.56 Å². The van der Waals surface area contributed by atoms with E-state index in [1.54, 1.807) is 0 Å². The molecule has 1 aliphatic carbocycles. The fourth-order valence-corrected chi connectivity index (χ4v) is 4.67. The SMILES string of the molecule is C=C(C)[C@@H]1CC(C)=C[C@H]1c1c(O)cc(CCCCC)c(C2CCC=N2)c1O. The second-order valence-corrected chi connectivity index (χ2v) is 8.31. The Bertz CT molecular complexity index is 775. The van der Waals surface area contributed by atoms with E-state index >= 15 is 0 Å². The molecule has 0 saturated heterocycles. The Morgan fingerprint density at radius 1 is 1.26 bits per heavy atom. The van der Waals surface area contributed by atoms with E-state index in [2.05, 4.69) is 31.5 Å². The first-order valence-corrected chi connectivity index (χ1v) is 10.4. The molecular weight excluding hydrogens is 334 g/mol. The maximum atomic E-state index is 11.3. The van der Waals surface area contributed by atoms with E-state index in [1.165, 1.54) is 5.57 Å². The molecule has 27 heavy (non-hydrogen) atoms. The molecule has 2 N–H and O–H groups in total. The van der Waals surface area contributed by atoms with Gasteiger partial charge in [0.25, 0.3) is 0 Å². The van der Waals surface area contributed by atoms with Gasteiger partial charge in [0, 0.05) is 17.0 Å². The Balaban J connectivity index is 2.08. The lowest BCUT2D eigenvalue weighted by Gasteiger charge is -2.25. The number of aromatic hydroxyl groups is 2. The number of aliphatic imine (C=N–C) groups is 1. The van der Waals surface area contributed by atoms with Gasteiger partial charge in [-0.15, -0.1) is 0 Å². The number of phenols is 2. The highest BCUT2D eigenvalue weighted by Crippen LogP contribution is 2.51. The first-order chi connectivity index (χ1) is 12.9. The summed E-state index contributed by atoms with van der Waals surface area (Å²) in [5, 5.41) is 22.2. The quantitative estimate of drug-likeness (QED) is 0.435. The number of hydrogen-bond acceptors (Lipinski definition) is 3. The smallest absolute Gasteiger partial charge is 0.128 e. The van der Waals surface area contributed by atoms with Crippen LogP contribution in [0.5, 0.6) is 11.5 Å². The number of unbranched alkanes of at least 4 members (excludes halogenated alkanes) is 2. The van der Waals surface area contributed by atoms with Crippen LogP contribution < -0.4 is 0 Å².